The van der Waals surface area contributed by atoms with Gasteiger partial charge in [0.05, 0.1) is 5.60 Å². The van der Waals surface area contributed by atoms with Crippen LogP contribution in [-0.2, 0) is 0 Å². The summed E-state index contributed by atoms with van der Waals surface area (Å²) in [5, 5.41) is 13.0. The normalized spacial score (nSPS) is 20.3. The summed E-state index contributed by atoms with van der Waals surface area (Å²) in [5.41, 5.74) is -0.572. The van der Waals surface area contributed by atoms with Crippen LogP contribution in [0.1, 0.15) is 46.5 Å². The van der Waals surface area contributed by atoms with E-state index in [1.807, 2.05) is 13.8 Å². The van der Waals surface area contributed by atoms with Crippen LogP contribution in [0.15, 0.2) is 0 Å². The molecule has 1 aliphatic carbocycles. The standard InChI is InChI=1S/C11H23NO/c1-4-10(7-9-5-6-9)12-8-11(2,3)13/h9-10,12-13H,4-8H2,1-3H3. The van der Waals surface area contributed by atoms with Gasteiger partial charge in [-0.3, -0.25) is 0 Å². The van der Waals surface area contributed by atoms with Gasteiger partial charge in [0.15, 0.2) is 0 Å². The zero-order valence-electron chi connectivity index (χ0n) is 9.14. The molecule has 0 aliphatic heterocycles. The Hall–Kier alpha value is -0.0800. The lowest BCUT2D eigenvalue weighted by Crippen LogP contribution is -2.40. The van der Waals surface area contributed by atoms with E-state index in [2.05, 4.69) is 12.2 Å². The summed E-state index contributed by atoms with van der Waals surface area (Å²) in [7, 11) is 0. The molecule has 0 aromatic heterocycles. The van der Waals surface area contributed by atoms with Crippen molar-refractivity contribution in [1.82, 2.24) is 5.32 Å². The van der Waals surface area contributed by atoms with Crippen LogP contribution >= 0.6 is 0 Å². The highest BCUT2D eigenvalue weighted by atomic mass is 16.3. The van der Waals surface area contributed by atoms with Gasteiger partial charge in [0.25, 0.3) is 0 Å². The first-order chi connectivity index (χ1) is 6.01. The Balaban J connectivity index is 2.14. The van der Waals surface area contributed by atoms with Crippen molar-refractivity contribution in [3.05, 3.63) is 0 Å². The Morgan fingerprint density at radius 3 is 2.46 bits per heavy atom. The second-order valence-corrected chi connectivity index (χ2v) is 4.98. The monoisotopic (exact) mass is 185 g/mol. The minimum atomic E-state index is -0.572. The van der Waals surface area contributed by atoms with Crippen molar-refractivity contribution in [2.75, 3.05) is 6.54 Å². The van der Waals surface area contributed by atoms with Crippen molar-refractivity contribution in [3.63, 3.8) is 0 Å². The molecule has 1 aliphatic rings. The van der Waals surface area contributed by atoms with Crippen LogP contribution in [0.3, 0.4) is 0 Å². The largest absolute Gasteiger partial charge is 0.389 e. The first-order valence-corrected chi connectivity index (χ1v) is 5.47. The van der Waals surface area contributed by atoms with Crippen molar-refractivity contribution in [3.8, 4) is 0 Å². The Labute approximate surface area is 81.7 Å². The highest BCUT2D eigenvalue weighted by molar-refractivity contribution is 4.81. The molecule has 0 amide bonds. The molecule has 1 rings (SSSR count). The fraction of sp³-hybridized carbons (Fsp3) is 1.00. The third-order valence-corrected chi connectivity index (χ3v) is 2.63. The first-order valence-electron chi connectivity index (χ1n) is 5.47. The van der Waals surface area contributed by atoms with Crippen LogP contribution in [0.4, 0.5) is 0 Å². The summed E-state index contributed by atoms with van der Waals surface area (Å²) in [4.78, 5) is 0. The molecule has 0 spiro atoms. The SMILES string of the molecule is CCC(CC1CC1)NCC(C)(C)O. The smallest absolute Gasteiger partial charge is 0.0715 e. The number of hydrogen-bond acceptors (Lipinski definition) is 2. The van der Waals surface area contributed by atoms with Crippen LogP contribution in [0.25, 0.3) is 0 Å². The summed E-state index contributed by atoms with van der Waals surface area (Å²) in [6.45, 7) is 6.62. The predicted octanol–water partition coefficient (Wildman–Crippen LogP) is 1.93. The Morgan fingerprint density at radius 2 is 2.08 bits per heavy atom. The third-order valence-electron chi connectivity index (χ3n) is 2.63. The van der Waals surface area contributed by atoms with Crippen molar-refractivity contribution >= 4 is 0 Å². The van der Waals surface area contributed by atoms with Crippen molar-refractivity contribution in [2.45, 2.75) is 58.1 Å². The molecule has 0 bridgehead atoms. The summed E-state index contributed by atoms with van der Waals surface area (Å²) in [6, 6.07) is 0.610. The molecule has 1 saturated carbocycles. The Morgan fingerprint density at radius 1 is 1.46 bits per heavy atom. The molecule has 0 saturated heterocycles. The lowest BCUT2D eigenvalue weighted by atomic mass is 10.1. The maximum Gasteiger partial charge on any atom is 0.0715 e. The zero-order chi connectivity index (χ0) is 9.90. The molecule has 0 aromatic rings. The number of hydrogen-bond donors (Lipinski definition) is 2. The minimum Gasteiger partial charge on any atom is -0.389 e. The lowest BCUT2D eigenvalue weighted by Gasteiger charge is -2.23. The van der Waals surface area contributed by atoms with Gasteiger partial charge in [0, 0.05) is 12.6 Å². The summed E-state index contributed by atoms with van der Waals surface area (Å²) >= 11 is 0. The third kappa shape index (κ3) is 5.27. The average molecular weight is 185 g/mol. The van der Waals surface area contributed by atoms with Crippen LogP contribution < -0.4 is 5.32 Å². The van der Waals surface area contributed by atoms with Crippen LogP contribution in [0.2, 0.25) is 0 Å². The number of aliphatic hydroxyl groups is 1. The molecular formula is C11H23NO. The van der Waals surface area contributed by atoms with E-state index < -0.39 is 5.60 Å². The van der Waals surface area contributed by atoms with Gasteiger partial charge in [-0.15, -0.1) is 0 Å². The lowest BCUT2D eigenvalue weighted by molar-refractivity contribution is 0.0755. The molecule has 1 fully saturated rings. The average Bonchev–Trinajstić information content (AvgIpc) is 2.79. The maximum absolute atomic E-state index is 9.55. The van der Waals surface area contributed by atoms with Gasteiger partial charge in [-0.05, 0) is 32.6 Å². The number of rotatable bonds is 6. The highest BCUT2D eigenvalue weighted by Gasteiger charge is 2.25. The van der Waals surface area contributed by atoms with Gasteiger partial charge in [0.2, 0.25) is 0 Å². The van der Waals surface area contributed by atoms with Crippen molar-refractivity contribution in [2.24, 2.45) is 5.92 Å². The van der Waals surface area contributed by atoms with Gasteiger partial charge < -0.3 is 10.4 Å². The molecule has 2 nitrogen and oxygen atoms in total. The first kappa shape index (κ1) is 11.0. The molecule has 0 heterocycles. The molecule has 1 unspecified atom stereocenters. The van der Waals surface area contributed by atoms with Crippen molar-refractivity contribution < 1.29 is 5.11 Å². The van der Waals surface area contributed by atoms with E-state index in [1.165, 1.54) is 25.7 Å². The van der Waals surface area contributed by atoms with Gasteiger partial charge in [-0.1, -0.05) is 19.8 Å². The van der Waals surface area contributed by atoms with E-state index in [9.17, 15) is 5.11 Å². The Bertz CT molecular complexity index is 147. The van der Waals surface area contributed by atoms with Crippen LogP contribution in [0.5, 0.6) is 0 Å². The van der Waals surface area contributed by atoms with E-state index in [1.54, 1.807) is 0 Å². The fourth-order valence-electron chi connectivity index (χ4n) is 1.54. The topological polar surface area (TPSA) is 32.3 Å². The van der Waals surface area contributed by atoms with Crippen LogP contribution in [-0.4, -0.2) is 23.3 Å². The summed E-state index contributed by atoms with van der Waals surface area (Å²) in [5.74, 6) is 0.972. The maximum atomic E-state index is 9.55. The molecule has 78 valence electrons. The van der Waals surface area contributed by atoms with Crippen molar-refractivity contribution in [1.29, 1.82) is 0 Å². The summed E-state index contributed by atoms with van der Waals surface area (Å²) in [6.07, 6.45) is 5.31. The quantitative estimate of drug-likeness (QED) is 0.662. The number of nitrogens with one attached hydrogen (secondary N) is 1. The Kier molecular flexibility index (Phi) is 3.74. The van der Waals surface area contributed by atoms with Gasteiger partial charge in [0.1, 0.15) is 0 Å². The second-order valence-electron chi connectivity index (χ2n) is 4.98. The predicted molar refractivity (Wildman–Crippen MR) is 55.7 cm³/mol. The van der Waals surface area contributed by atoms with E-state index >= 15 is 0 Å². The molecule has 13 heavy (non-hydrogen) atoms. The van der Waals surface area contributed by atoms with Crippen LogP contribution in [0, 0.1) is 5.92 Å². The fourth-order valence-corrected chi connectivity index (χ4v) is 1.54. The van der Waals surface area contributed by atoms with E-state index in [0.29, 0.717) is 12.6 Å². The molecule has 0 radical (unpaired) electrons. The van der Waals surface area contributed by atoms with E-state index in [0.717, 1.165) is 5.92 Å². The molecule has 2 heteroatoms. The van der Waals surface area contributed by atoms with Gasteiger partial charge in [-0.25, -0.2) is 0 Å². The molecular weight excluding hydrogens is 162 g/mol. The zero-order valence-corrected chi connectivity index (χ0v) is 9.14. The minimum absolute atomic E-state index is 0.572. The van der Waals surface area contributed by atoms with E-state index in [-0.39, 0.29) is 0 Å². The van der Waals surface area contributed by atoms with Gasteiger partial charge >= 0.3 is 0 Å². The highest BCUT2D eigenvalue weighted by Crippen LogP contribution is 2.34. The molecule has 2 N–H and O–H groups in total. The van der Waals surface area contributed by atoms with Gasteiger partial charge in [-0.2, -0.15) is 0 Å². The van der Waals surface area contributed by atoms with E-state index in [4.69, 9.17) is 0 Å². The summed E-state index contributed by atoms with van der Waals surface area (Å²) < 4.78 is 0. The molecule has 1 atom stereocenters. The second kappa shape index (κ2) is 4.43. The molecule has 0 aromatic carbocycles.